The van der Waals surface area contributed by atoms with E-state index in [4.69, 9.17) is 9.47 Å². The van der Waals surface area contributed by atoms with Gasteiger partial charge in [0.1, 0.15) is 24.4 Å². The second-order valence-corrected chi connectivity index (χ2v) is 6.75. The molecule has 0 unspecified atom stereocenters. The third-order valence-corrected chi connectivity index (χ3v) is 3.55. The molecule has 0 fully saturated rings. The van der Waals surface area contributed by atoms with Gasteiger partial charge in [-0.05, 0) is 39.0 Å². The van der Waals surface area contributed by atoms with E-state index >= 15 is 0 Å². The highest BCUT2D eigenvalue weighted by atomic mass is 16.6. The number of carbonyl (C=O) groups is 3. The van der Waals surface area contributed by atoms with Gasteiger partial charge < -0.3 is 19.1 Å². The van der Waals surface area contributed by atoms with Crippen molar-refractivity contribution in [2.24, 2.45) is 0 Å². The Morgan fingerprint density at radius 3 is 2.60 bits per heavy atom. The van der Waals surface area contributed by atoms with Crippen molar-refractivity contribution in [3.05, 3.63) is 29.3 Å². The van der Waals surface area contributed by atoms with Gasteiger partial charge in [0.25, 0.3) is 0 Å². The van der Waals surface area contributed by atoms with E-state index in [1.165, 1.54) is 12.0 Å². The lowest BCUT2D eigenvalue weighted by molar-refractivity contribution is -0.139. The highest BCUT2D eigenvalue weighted by Gasteiger charge is 2.25. The van der Waals surface area contributed by atoms with Crippen LogP contribution in [0.15, 0.2) is 18.2 Å². The van der Waals surface area contributed by atoms with Crippen LogP contribution in [-0.2, 0) is 20.8 Å². The molecule has 0 saturated heterocycles. The molecule has 1 heterocycles. The van der Waals surface area contributed by atoms with Gasteiger partial charge in [-0.25, -0.2) is 4.79 Å². The minimum absolute atomic E-state index is 0.267. The molecule has 0 aromatic heterocycles. The van der Waals surface area contributed by atoms with Crippen molar-refractivity contribution in [3.8, 4) is 5.75 Å². The second kappa shape index (κ2) is 7.55. The number of methoxy groups -OCH3 is 1. The lowest BCUT2D eigenvalue weighted by Crippen LogP contribution is -2.37. The van der Waals surface area contributed by atoms with E-state index in [0.717, 1.165) is 0 Å². The Bertz CT molecular complexity index is 677. The van der Waals surface area contributed by atoms with Crippen molar-refractivity contribution in [1.29, 1.82) is 0 Å². The van der Waals surface area contributed by atoms with Crippen LogP contribution < -0.4 is 4.74 Å². The third kappa shape index (κ3) is 5.20. The fourth-order valence-corrected chi connectivity index (χ4v) is 2.36. The largest absolute Gasteiger partial charge is 0.491 e. The van der Waals surface area contributed by atoms with E-state index in [-0.39, 0.29) is 18.7 Å². The molecule has 0 spiro atoms. The van der Waals surface area contributed by atoms with Crippen LogP contribution in [0.2, 0.25) is 0 Å². The zero-order valence-electron chi connectivity index (χ0n) is 15.0. The van der Waals surface area contributed by atoms with E-state index in [0.29, 0.717) is 30.0 Å². The molecule has 0 atom stereocenters. The van der Waals surface area contributed by atoms with Gasteiger partial charge in [0, 0.05) is 11.1 Å². The monoisotopic (exact) mass is 349 g/mol. The summed E-state index contributed by atoms with van der Waals surface area (Å²) in [7, 11) is 1.24. The molecule has 0 aliphatic carbocycles. The summed E-state index contributed by atoms with van der Waals surface area (Å²) in [5.41, 5.74) is 0.476. The molecule has 1 aliphatic heterocycles. The van der Waals surface area contributed by atoms with Crippen LogP contribution in [0.3, 0.4) is 0 Å². The number of hydrogen-bond acceptors (Lipinski definition) is 6. The number of esters is 1. The topological polar surface area (TPSA) is 82.1 Å². The van der Waals surface area contributed by atoms with Gasteiger partial charge in [-0.15, -0.1) is 0 Å². The first-order valence-electron chi connectivity index (χ1n) is 8.03. The molecule has 7 nitrogen and oxygen atoms in total. The van der Waals surface area contributed by atoms with Gasteiger partial charge in [0.2, 0.25) is 0 Å². The number of benzene rings is 1. The van der Waals surface area contributed by atoms with E-state index in [1.807, 2.05) is 0 Å². The average Bonchev–Trinajstić information content (AvgIpc) is 2.74. The first-order chi connectivity index (χ1) is 11.7. The Balaban J connectivity index is 2.18. The van der Waals surface area contributed by atoms with Crippen molar-refractivity contribution in [2.45, 2.75) is 39.3 Å². The third-order valence-electron chi connectivity index (χ3n) is 3.55. The molecule has 1 aromatic carbocycles. The van der Waals surface area contributed by atoms with Crippen molar-refractivity contribution in [3.63, 3.8) is 0 Å². The molecule has 1 aliphatic rings. The fourth-order valence-electron chi connectivity index (χ4n) is 2.36. The van der Waals surface area contributed by atoms with Crippen molar-refractivity contribution >= 4 is 17.8 Å². The Hall–Kier alpha value is -2.57. The highest BCUT2D eigenvalue weighted by molar-refractivity contribution is 6.06. The maximum atomic E-state index is 12.3. The minimum atomic E-state index is -0.592. The first-order valence-corrected chi connectivity index (χ1v) is 8.03. The number of hydrogen-bond donors (Lipinski definition) is 0. The van der Waals surface area contributed by atoms with Gasteiger partial charge in [0.05, 0.1) is 20.2 Å². The first kappa shape index (κ1) is 18.8. The molecule has 7 heteroatoms. The zero-order chi connectivity index (χ0) is 18.6. The summed E-state index contributed by atoms with van der Waals surface area (Å²) >= 11 is 0. The molecule has 1 amide bonds. The number of nitrogens with zero attached hydrogens (tertiary/aromatic N) is 1. The van der Waals surface area contributed by atoms with E-state index in [2.05, 4.69) is 4.74 Å². The predicted molar refractivity (Wildman–Crippen MR) is 89.5 cm³/mol. The SMILES string of the molecule is COC(=O)CC(=O)c1ccc2c(c1)CN(C(=O)OC(C)(C)C)CCO2. The highest BCUT2D eigenvalue weighted by Crippen LogP contribution is 2.26. The number of ether oxygens (including phenoxy) is 3. The average molecular weight is 349 g/mol. The maximum Gasteiger partial charge on any atom is 0.410 e. The summed E-state index contributed by atoms with van der Waals surface area (Å²) in [5.74, 6) is -0.324. The molecule has 0 bridgehead atoms. The van der Waals surface area contributed by atoms with Crippen molar-refractivity contribution in [1.82, 2.24) is 4.90 Å². The summed E-state index contributed by atoms with van der Waals surface area (Å²) < 4.78 is 15.6. The van der Waals surface area contributed by atoms with Gasteiger partial charge in [-0.1, -0.05) is 0 Å². The van der Waals surface area contributed by atoms with Crippen LogP contribution in [-0.4, -0.2) is 48.6 Å². The molecule has 0 saturated carbocycles. The Labute approximate surface area is 146 Å². The lowest BCUT2D eigenvalue weighted by atomic mass is 10.0. The second-order valence-electron chi connectivity index (χ2n) is 6.75. The minimum Gasteiger partial charge on any atom is -0.491 e. The summed E-state index contributed by atoms with van der Waals surface area (Å²) in [6.45, 7) is 6.39. The summed E-state index contributed by atoms with van der Waals surface area (Å²) in [6, 6.07) is 4.93. The zero-order valence-corrected chi connectivity index (χ0v) is 15.0. The molecule has 2 rings (SSSR count). The standard InChI is InChI=1S/C18H23NO6/c1-18(2,3)25-17(22)19-7-8-24-15-6-5-12(9-13(15)11-19)14(20)10-16(21)23-4/h5-6,9H,7-8,10-11H2,1-4H3. The van der Waals surface area contributed by atoms with Crippen LogP contribution in [0.5, 0.6) is 5.75 Å². The number of ketones is 1. The van der Waals surface area contributed by atoms with Gasteiger partial charge in [0.15, 0.2) is 5.78 Å². The molecular formula is C18H23NO6. The molecular weight excluding hydrogens is 326 g/mol. The number of amides is 1. The fraction of sp³-hybridized carbons (Fsp3) is 0.500. The van der Waals surface area contributed by atoms with Gasteiger partial charge >= 0.3 is 12.1 Å². The number of carbonyl (C=O) groups excluding carboxylic acids is 3. The van der Waals surface area contributed by atoms with Crippen molar-refractivity contribution in [2.75, 3.05) is 20.3 Å². The van der Waals surface area contributed by atoms with Crippen molar-refractivity contribution < 1.29 is 28.6 Å². The Morgan fingerprint density at radius 2 is 1.96 bits per heavy atom. The van der Waals surface area contributed by atoms with E-state index in [9.17, 15) is 14.4 Å². The molecule has 0 N–H and O–H groups in total. The normalized spacial score (nSPS) is 14.0. The predicted octanol–water partition coefficient (Wildman–Crippen LogP) is 2.56. The molecule has 1 aromatic rings. The van der Waals surface area contributed by atoms with Crippen LogP contribution in [0.1, 0.15) is 43.1 Å². The lowest BCUT2D eigenvalue weighted by Gasteiger charge is -2.26. The van der Waals surface area contributed by atoms with E-state index < -0.39 is 17.7 Å². The van der Waals surface area contributed by atoms with Crippen LogP contribution >= 0.6 is 0 Å². The summed E-state index contributed by atoms with van der Waals surface area (Å²) in [6.07, 6.45) is -0.762. The van der Waals surface area contributed by atoms with E-state index in [1.54, 1.807) is 39.0 Å². The quantitative estimate of drug-likeness (QED) is 0.474. The van der Waals surface area contributed by atoms with Gasteiger partial charge in [-0.3, -0.25) is 9.59 Å². The van der Waals surface area contributed by atoms with Crippen LogP contribution in [0.25, 0.3) is 0 Å². The number of rotatable bonds is 3. The smallest absolute Gasteiger partial charge is 0.410 e. The maximum absolute atomic E-state index is 12.3. The molecule has 136 valence electrons. The number of Topliss-reactive ketones (excluding diaryl/α,β-unsaturated/α-hetero) is 1. The van der Waals surface area contributed by atoms with Gasteiger partial charge in [-0.2, -0.15) is 0 Å². The Morgan fingerprint density at radius 1 is 1.24 bits per heavy atom. The summed E-state index contributed by atoms with van der Waals surface area (Å²) in [5, 5.41) is 0. The molecule has 0 radical (unpaired) electrons. The van der Waals surface area contributed by atoms with Crippen LogP contribution in [0, 0.1) is 0 Å². The summed E-state index contributed by atoms with van der Waals surface area (Å²) in [4.78, 5) is 37.3. The van der Waals surface area contributed by atoms with Crippen LogP contribution in [0.4, 0.5) is 4.79 Å². The number of fused-ring (bicyclic) bond motifs is 1. The Kier molecular flexibility index (Phi) is 5.66. The molecule has 25 heavy (non-hydrogen) atoms.